The molecule has 18 heavy (non-hydrogen) atoms. The number of hydrogen-bond acceptors (Lipinski definition) is 3. The predicted octanol–water partition coefficient (Wildman–Crippen LogP) is 0.850. The summed E-state index contributed by atoms with van der Waals surface area (Å²) in [6.45, 7) is 1.86. The summed E-state index contributed by atoms with van der Waals surface area (Å²) in [6.07, 6.45) is 0. The van der Waals surface area contributed by atoms with Crippen LogP contribution >= 0.6 is 15.9 Å². The lowest BCUT2D eigenvalue weighted by atomic mass is 10.2. The van der Waals surface area contributed by atoms with Gasteiger partial charge in [-0.1, -0.05) is 21.9 Å². The quantitative estimate of drug-likeness (QED) is 0.805. The predicted molar refractivity (Wildman–Crippen MR) is 71.3 cm³/mol. The molecule has 3 N–H and O–H groups in total. The second kappa shape index (κ2) is 6.00. The van der Waals surface area contributed by atoms with Crippen LogP contribution in [0.25, 0.3) is 0 Å². The number of rotatable bonds is 3. The van der Waals surface area contributed by atoms with Crippen LogP contribution < -0.4 is 10.5 Å². The molecule has 0 aliphatic rings. The molecule has 1 amide bonds. The van der Waals surface area contributed by atoms with Crippen LogP contribution in [0.4, 0.5) is 0 Å². The third-order valence-corrected chi connectivity index (χ3v) is 3.33. The first kappa shape index (κ1) is 14.7. The molecular formula is C11H11BrN2O3S. The van der Waals surface area contributed by atoms with E-state index in [9.17, 15) is 13.2 Å². The van der Waals surface area contributed by atoms with Crippen LogP contribution in [0.2, 0.25) is 0 Å². The normalized spacial score (nSPS) is 10.4. The molecule has 0 bridgehead atoms. The zero-order chi connectivity index (χ0) is 13.8. The van der Waals surface area contributed by atoms with Gasteiger partial charge in [0.15, 0.2) is 0 Å². The highest BCUT2D eigenvalue weighted by molar-refractivity contribution is 9.10. The highest BCUT2D eigenvalue weighted by Gasteiger charge is 2.13. The molecule has 0 aliphatic heterocycles. The number of primary sulfonamides is 1. The Morgan fingerprint density at radius 2 is 2.11 bits per heavy atom. The Labute approximate surface area is 114 Å². The Hall–Kier alpha value is -1.36. The van der Waals surface area contributed by atoms with Gasteiger partial charge in [-0.3, -0.25) is 4.79 Å². The first-order valence-corrected chi connectivity index (χ1v) is 7.19. The van der Waals surface area contributed by atoms with E-state index >= 15 is 0 Å². The largest absolute Gasteiger partial charge is 0.341 e. The van der Waals surface area contributed by atoms with Crippen molar-refractivity contribution in [1.82, 2.24) is 5.32 Å². The first-order chi connectivity index (χ1) is 8.34. The molecule has 0 heterocycles. The summed E-state index contributed by atoms with van der Waals surface area (Å²) in [7, 11) is -3.84. The van der Waals surface area contributed by atoms with Gasteiger partial charge in [0, 0.05) is 10.0 Å². The van der Waals surface area contributed by atoms with Gasteiger partial charge in [-0.05, 0) is 25.1 Å². The summed E-state index contributed by atoms with van der Waals surface area (Å²) in [6, 6.07) is 4.05. The summed E-state index contributed by atoms with van der Waals surface area (Å²) in [5.41, 5.74) is 0.200. The summed E-state index contributed by atoms with van der Waals surface area (Å²) < 4.78 is 22.9. The Bertz CT molecular complexity index is 629. The van der Waals surface area contributed by atoms with Crippen molar-refractivity contribution in [3.05, 3.63) is 28.2 Å². The van der Waals surface area contributed by atoms with Crippen molar-refractivity contribution in [3.63, 3.8) is 0 Å². The molecule has 7 heteroatoms. The molecule has 0 radical (unpaired) electrons. The van der Waals surface area contributed by atoms with E-state index in [1.807, 2.05) is 0 Å². The van der Waals surface area contributed by atoms with E-state index in [2.05, 4.69) is 33.1 Å². The molecule has 0 saturated carbocycles. The number of amides is 1. The fourth-order valence-electron chi connectivity index (χ4n) is 1.17. The molecular weight excluding hydrogens is 320 g/mol. The maximum atomic E-state index is 11.7. The molecule has 0 atom stereocenters. The molecule has 0 fully saturated rings. The van der Waals surface area contributed by atoms with E-state index in [1.165, 1.54) is 18.2 Å². The first-order valence-electron chi connectivity index (χ1n) is 4.86. The average Bonchev–Trinajstić information content (AvgIpc) is 2.27. The van der Waals surface area contributed by atoms with Crippen molar-refractivity contribution in [2.45, 2.75) is 11.8 Å². The van der Waals surface area contributed by atoms with Gasteiger partial charge in [-0.25, -0.2) is 13.6 Å². The Balaban J connectivity index is 3.06. The van der Waals surface area contributed by atoms with Crippen LogP contribution in [-0.2, 0) is 10.0 Å². The summed E-state index contributed by atoms with van der Waals surface area (Å²) in [5, 5.41) is 7.55. The van der Waals surface area contributed by atoms with Gasteiger partial charge in [-0.2, -0.15) is 0 Å². The maximum absolute atomic E-state index is 11.7. The molecule has 1 aromatic rings. The number of carbonyl (C=O) groups is 1. The van der Waals surface area contributed by atoms with Crippen molar-refractivity contribution in [2.24, 2.45) is 5.14 Å². The zero-order valence-corrected chi connectivity index (χ0v) is 11.9. The minimum absolute atomic E-state index is 0.122. The number of benzene rings is 1. The molecule has 0 aromatic heterocycles. The molecule has 0 unspecified atom stereocenters. The van der Waals surface area contributed by atoms with Crippen molar-refractivity contribution in [1.29, 1.82) is 0 Å². The van der Waals surface area contributed by atoms with Crippen LogP contribution in [0.3, 0.4) is 0 Å². The smallest absolute Gasteiger partial charge is 0.252 e. The minimum atomic E-state index is -3.84. The second-order valence-electron chi connectivity index (χ2n) is 3.33. The number of carbonyl (C=O) groups excluding carboxylic acids is 1. The summed E-state index contributed by atoms with van der Waals surface area (Å²) in [5.74, 6) is 4.89. The van der Waals surface area contributed by atoms with Crippen LogP contribution in [0.15, 0.2) is 27.6 Å². The lowest BCUT2D eigenvalue weighted by molar-refractivity contribution is 0.0958. The number of sulfonamides is 1. The van der Waals surface area contributed by atoms with E-state index in [1.54, 1.807) is 6.92 Å². The van der Waals surface area contributed by atoms with Crippen molar-refractivity contribution in [3.8, 4) is 11.8 Å². The molecule has 0 saturated heterocycles. The van der Waals surface area contributed by atoms with Gasteiger partial charge >= 0.3 is 0 Å². The zero-order valence-electron chi connectivity index (χ0n) is 9.53. The molecule has 0 aliphatic carbocycles. The Morgan fingerprint density at radius 3 is 2.67 bits per heavy atom. The van der Waals surface area contributed by atoms with Crippen LogP contribution in [0.1, 0.15) is 17.3 Å². The van der Waals surface area contributed by atoms with Crippen LogP contribution in [-0.4, -0.2) is 20.9 Å². The minimum Gasteiger partial charge on any atom is -0.341 e. The van der Waals surface area contributed by atoms with Gasteiger partial charge in [0.05, 0.1) is 11.4 Å². The van der Waals surface area contributed by atoms with E-state index < -0.39 is 15.9 Å². The SMILES string of the molecule is CC#CCNC(=O)c1cc(Br)cc(S(N)(=O)=O)c1. The van der Waals surface area contributed by atoms with Gasteiger partial charge in [-0.15, -0.1) is 5.92 Å². The monoisotopic (exact) mass is 330 g/mol. The number of nitrogens with one attached hydrogen (secondary N) is 1. The topological polar surface area (TPSA) is 89.3 Å². The number of nitrogens with two attached hydrogens (primary N) is 1. The van der Waals surface area contributed by atoms with Gasteiger partial charge in [0.25, 0.3) is 5.91 Å². The van der Waals surface area contributed by atoms with Crippen molar-refractivity contribution >= 4 is 31.9 Å². The average molecular weight is 331 g/mol. The van der Waals surface area contributed by atoms with Gasteiger partial charge in [0.2, 0.25) is 10.0 Å². The van der Waals surface area contributed by atoms with E-state index in [4.69, 9.17) is 5.14 Å². The van der Waals surface area contributed by atoms with E-state index in [0.717, 1.165) is 0 Å². The van der Waals surface area contributed by atoms with Gasteiger partial charge < -0.3 is 5.32 Å². The maximum Gasteiger partial charge on any atom is 0.252 e. The standard InChI is InChI=1S/C11H11BrN2O3S/c1-2-3-4-14-11(15)8-5-9(12)7-10(6-8)18(13,16)17/h5-7H,4H2,1H3,(H,14,15)(H2,13,16,17). The van der Waals surface area contributed by atoms with Crippen LogP contribution in [0, 0.1) is 11.8 Å². The fourth-order valence-corrected chi connectivity index (χ4v) is 2.40. The molecule has 1 aromatic carbocycles. The molecule has 96 valence electrons. The number of halogens is 1. The Kier molecular flexibility index (Phi) is 4.90. The highest BCUT2D eigenvalue weighted by Crippen LogP contribution is 2.18. The third kappa shape index (κ3) is 4.14. The Morgan fingerprint density at radius 1 is 1.44 bits per heavy atom. The van der Waals surface area contributed by atoms with E-state index in [0.29, 0.717) is 4.47 Å². The second-order valence-corrected chi connectivity index (χ2v) is 5.81. The molecule has 0 spiro atoms. The van der Waals surface area contributed by atoms with E-state index in [-0.39, 0.29) is 17.0 Å². The number of hydrogen-bond donors (Lipinski definition) is 2. The van der Waals surface area contributed by atoms with Gasteiger partial charge in [0.1, 0.15) is 0 Å². The summed E-state index contributed by atoms with van der Waals surface area (Å²) in [4.78, 5) is 11.6. The lowest BCUT2D eigenvalue weighted by Gasteiger charge is -2.05. The van der Waals surface area contributed by atoms with Crippen LogP contribution in [0.5, 0.6) is 0 Å². The van der Waals surface area contributed by atoms with Crippen molar-refractivity contribution in [2.75, 3.05) is 6.54 Å². The lowest BCUT2D eigenvalue weighted by Crippen LogP contribution is -2.24. The third-order valence-electron chi connectivity index (χ3n) is 1.98. The fraction of sp³-hybridized carbons (Fsp3) is 0.182. The summed E-state index contributed by atoms with van der Waals surface area (Å²) >= 11 is 3.13. The molecule has 5 nitrogen and oxygen atoms in total. The van der Waals surface area contributed by atoms with Crippen molar-refractivity contribution < 1.29 is 13.2 Å². The molecule has 1 rings (SSSR count). The highest BCUT2D eigenvalue weighted by atomic mass is 79.9.